The van der Waals surface area contributed by atoms with Gasteiger partial charge in [-0.1, -0.05) is 39.0 Å². The fraction of sp³-hybridized carbons (Fsp3) is 0.438. The second-order valence-corrected chi connectivity index (χ2v) is 6.34. The van der Waals surface area contributed by atoms with Crippen LogP contribution in [0.2, 0.25) is 0 Å². The Balaban J connectivity index is 2.06. The van der Waals surface area contributed by atoms with Crippen molar-refractivity contribution in [3.8, 4) is 0 Å². The summed E-state index contributed by atoms with van der Waals surface area (Å²) in [6.07, 6.45) is 2.47. The Kier molecular flexibility index (Phi) is 4.92. The predicted octanol–water partition coefficient (Wildman–Crippen LogP) is 1.46. The number of aromatic nitrogens is 3. The summed E-state index contributed by atoms with van der Waals surface area (Å²) in [6, 6.07) is 7.36. The minimum absolute atomic E-state index is 0.195. The number of benzene rings is 1. The SMILES string of the molecule is CC(C)(C)C(O)CNC(=O)c1ccccc1Cn1cncn1. The van der Waals surface area contributed by atoms with E-state index in [4.69, 9.17) is 0 Å². The molecule has 0 spiro atoms. The molecule has 22 heavy (non-hydrogen) atoms. The molecular weight excluding hydrogens is 280 g/mol. The Morgan fingerprint density at radius 3 is 2.73 bits per heavy atom. The molecule has 1 amide bonds. The van der Waals surface area contributed by atoms with Crippen LogP contribution < -0.4 is 5.32 Å². The van der Waals surface area contributed by atoms with Crippen LogP contribution in [0, 0.1) is 5.41 Å². The van der Waals surface area contributed by atoms with Crippen LogP contribution in [0.3, 0.4) is 0 Å². The quantitative estimate of drug-likeness (QED) is 0.876. The summed E-state index contributed by atoms with van der Waals surface area (Å²) in [6.45, 7) is 6.50. The number of hydrogen-bond acceptors (Lipinski definition) is 4. The van der Waals surface area contributed by atoms with Crippen LogP contribution >= 0.6 is 0 Å². The first kappa shape index (κ1) is 16.2. The molecule has 0 saturated carbocycles. The van der Waals surface area contributed by atoms with Gasteiger partial charge >= 0.3 is 0 Å². The lowest BCUT2D eigenvalue weighted by Gasteiger charge is -2.26. The molecule has 0 fully saturated rings. The maximum atomic E-state index is 12.4. The fourth-order valence-corrected chi connectivity index (χ4v) is 1.96. The number of amides is 1. The van der Waals surface area contributed by atoms with Crippen LogP contribution in [0.1, 0.15) is 36.7 Å². The largest absolute Gasteiger partial charge is 0.391 e. The van der Waals surface area contributed by atoms with Crippen LogP contribution in [0.4, 0.5) is 0 Å². The van der Waals surface area contributed by atoms with E-state index in [1.54, 1.807) is 17.1 Å². The lowest BCUT2D eigenvalue weighted by atomic mass is 9.89. The van der Waals surface area contributed by atoms with E-state index in [2.05, 4.69) is 15.4 Å². The third-order valence-electron chi connectivity index (χ3n) is 3.52. The lowest BCUT2D eigenvalue weighted by Crippen LogP contribution is -2.39. The van der Waals surface area contributed by atoms with E-state index < -0.39 is 6.10 Å². The summed E-state index contributed by atoms with van der Waals surface area (Å²) in [5, 5.41) is 16.9. The van der Waals surface area contributed by atoms with Gasteiger partial charge in [-0.15, -0.1) is 0 Å². The van der Waals surface area contributed by atoms with Crippen LogP contribution in [0.25, 0.3) is 0 Å². The summed E-state index contributed by atoms with van der Waals surface area (Å²) in [7, 11) is 0. The van der Waals surface area contributed by atoms with Crippen molar-refractivity contribution in [1.29, 1.82) is 0 Å². The molecule has 2 N–H and O–H groups in total. The number of hydrogen-bond donors (Lipinski definition) is 2. The lowest BCUT2D eigenvalue weighted by molar-refractivity contribution is 0.0586. The Hall–Kier alpha value is -2.21. The molecule has 1 atom stereocenters. The Bertz CT molecular complexity index is 617. The summed E-state index contributed by atoms with van der Waals surface area (Å²) in [4.78, 5) is 16.3. The average molecular weight is 302 g/mol. The normalized spacial score (nSPS) is 12.9. The molecule has 0 saturated heterocycles. The van der Waals surface area contributed by atoms with Crippen LogP contribution in [-0.4, -0.2) is 38.4 Å². The smallest absolute Gasteiger partial charge is 0.251 e. The van der Waals surface area contributed by atoms with Crippen molar-refractivity contribution in [2.45, 2.75) is 33.4 Å². The molecule has 0 bridgehead atoms. The van der Waals surface area contributed by atoms with E-state index in [-0.39, 0.29) is 17.9 Å². The van der Waals surface area contributed by atoms with Gasteiger partial charge in [-0.05, 0) is 17.0 Å². The minimum atomic E-state index is -0.598. The van der Waals surface area contributed by atoms with Gasteiger partial charge in [0.15, 0.2) is 0 Å². The third-order valence-corrected chi connectivity index (χ3v) is 3.52. The van der Waals surface area contributed by atoms with Gasteiger partial charge in [0.1, 0.15) is 12.7 Å². The highest BCUT2D eigenvalue weighted by Gasteiger charge is 2.23. The highest BCUT2D eigenvalue weighted by molar-refractivity contribution is 5.95. The summed E-state index contributed by atoms with van der Waals surface area (Å²) >= 11 is 0. The monoisotopic (exact) mass is 302 g/mol. The molecule has 0 aliphatic carbocycles. The molecule has 0 radical (unpaired) electrons. The molecule has 118 valence electrons. The zero-order chi connectivity index (χ0) is 16.2. The highest BCUT2D eigenvalue weighted by atomic mass is 16.3. The number of rotatable bonds is 5. The van der Waals surface area contributed by atoms with E-state index in [1.807, 2.05) is 39.0 Å². The Labute approximate surface area is 130 Å². The maximum absolute atomic E-state index is 12.4. The van der Waals surface area contributed by atoms with Gasteiger partial charge in [-0.2, -0.15) is 5.10 Å². The molecule has 1 aromatic heterocycles. The molecule has 1 heterocycles. The minimum Gasteiger partial charge on any atom is -0.391 e. The standard InChI is InChI=1S/C16H22N4O2/c1-16(2,3)14(21)8-18-15(22)13-7-5-4-6-12(13)9-20-11-17-10-19-20/h4-7,10-11,14,21H,8-9H2,1-3H3,(H,18,22). The van der Waals surface area contributed by atoms with Gasteiger partial charge in [-0.25, -0.2) is 9.67 Å². The second-order valence-electron chi connectivity index (χ2n) is 6.34. The van der Waals surface area contributed by atoms with Crippen molar-refractivity contribution in [3.05, 3.63) is 48.0 Å². The van der Waals surface area contributed by atoms with E-state index in [9.17, 15) is 9.90 Å². The van der Waals surface area contributed by atoms with Gasteiger partial charge in [0.25, 0.3) is 5.91 Å². The second kappa shape index (κ2) is 6.70. The predicted molar refractivity (Wildman–Crippen MR) is 83.4 cm³/mol. The number of carbonyl (C=O) groups excluding carboxylic acids is 1. The number of aliphatic hydroxyl groups excluding tert-OH is 1. The number of nitrogens with zero attached hydrogens (tertiary/aromatic N) is 3. The summed E-state index contributed by atoms with van der Waals surface area (Å²) < 4.78 is 1.66. The van der Waals surface area contributed by atoms with Gasteiger partial charge in [0.2, 0.25) is 0 Å². The van der Waals surface area contributed by atoms with Crippen LogP contribution in [-0.2, 0) is 6.54 Å². The summed E-state index contributed by atoms with van der Waals surface area (Å²) in [5.74, 6) is -0.195. The maximum Gasteiger partial charge on any atom is 0.251 e. The van der Waals surface area contributed by atoms with E-state index in [1.165, 1.54) is 6.33 Å². The van der Waals surface area contributed by atoms with Crippen molar-refractivity contribution in [2.75, 3.05) is 6.54 Å². The Morgan fingerprint density at radius 1 is 1.36 bits per heavy atom. The van der Waals surface area contributed by atoms with Crippen LogP contribution in [0.5, 0.6) is 0 Å². The number of carbonyl (C=O) groups is 1. The first-order valence-electron chi connectivity index (χ1n) is 7.24. The average Bonchev–Trinajstić information content (AvgIpc) is 2.97. The molecule has 2 rings (SSSR count). The number of nitrogens with one attached hydrogen (secondary N) is 1. The summed E-state index contributed by atoms with van der Waals surface area (Å²) in [5.41, 5.74) is 1.17. The van der Waals surface area contributed by atoms with Crippen molar-refractivity contribution >= 4 is 5.91 Å². The highest BCUT2D eigenvalue weighted by Crippen LogP contribution is 2.18. The van der Waals surface area contributed by atoms with E-state index in [0.717, 1.165) is 5.56 Å². The fourth-order valence-electron chi connectivity index (χ4n) is 1.96. The Morgan fingerprint density at radius 2 is 2.09 bits per heavy atom. The van der Waals surface area contributed by atoms with Crippen molar-refractivity contribution in [2.24, 2.45) is 5.41 Å². The van der Waals surface area contributed by atoms with Crippen molar-refractivity contribution < 1.29 is 9.90 Å². The van der Waals surface area contributed by atoms with Crippen molar-refractivity contribution in [3.63, 3.8) is 0 Å². The molecule has 2 aromatic rings. The van der Waals surface area contributed by atoms with Gasteiger partial charge in [0.05, 0.1) is 12.6 Å². The zero-order valence-electron chi connectivity index (χ0n) is 13.2. The van der Waals surface area contributed by atoms with Crippen molar-refractivity contribution in [1.82, 2.24) is 20.1 Å². The first-order chi connectivity index (χ1) is 10.4. The number of aliphatic hydroxyl groups is 1. The molecule has 1 unspecified atom stereocenters. The van der Waals surface area contributed by atoms with Gasteiger partial charge in [-0.3, -0.25) is 4.79 Å². The molecule has 6 heteroatoms. The third kappa shape index (κ3) is 4.14. The first-order valence-corrected chi connectivity index (χ1v) is 7.24. The van der Waals surface area contributed by atoms with Gasteiger partial charge in [0, 0.05) is 12.1 Å². The zero-order valence-corrected chi connectivity index (χ0v) is 13.2. The van der Waals surface area contributed by atoms with Crippen LogP contribution in [0.15, 0.2) is 36.9 Å². The molecular formula is C16H22N4O2. The topological polar surface area (TPSA) is 80.0 Å². The molecule has 1 aromatic carbocycles. The van der Waals surface area contributed by atoms with E-state index >= 15 is 0 Å². The molecule has 0 aliphatic heterocycles. The molecule has 6 nitrogen and oxygen atoms in total. The van der Waals surface area contributed by atoms with E-state index in [0.29, 0.717) is 12.1 Å². The van der Waals surface area contributed by atoms with Gasteiger partial charge < -0.3 is 10.4 Å². The molecule has 0 aliphatic rings.